The third-order valence-electron chi connectivity index (χ3n) is 4.92. The minimum atomic E-state index is 0.407. The predicted molar refractivity (Wildman–Crippen MR) is 108 cm³/mol. The molecule has 0 N–H and O–H groups in total. The topological polar surface area (TPSA) is 32.3 Å². The maximum Gasteiger partial charge on any atom is 0.151 e. The smallest absolute Gasteiger partial charge is 0.151 e. The number of aromatic nitrogens is 2. The molecule has 0 radical (unpaired) electrons. The quantitative estimate of drug-likeness (QED) is 0.749. The third kappa shape index (κ3) is 4.21. The summed E-state index contributed by atoms with van der Waals surface area (Å²) in [5.74, 6) is 1.41. The molecule has 5 heteroatoms. The summed E-state index contributed by atoms with van der Waals surface area (Å²) in [6, 6.07) is 11.2. The molecule has 0 atom stereocenters. The average Bonchev–Trinajstić information content (AvgIpc) is 2.62. The number of hydrogen-bond donors (Lipinski definition) is 0. The molecule has 3 rings (SSSR count). The Labute approximate surface area is 159 Å². The Morgan fingerprint density at radius 2 is 1.56 bits per heavy atom. The van der Waals surface area contributed by atoms with Gasteiger partial charge in [0.25, 0.3) is 0 Å². The number of hydrogen-bond acceptors (Lipinski definition) is 4. The van der Waals surface area contributed by atoms with Crippen LogP contribution in [0.15, 0.2) is 34.8 Å². The molecule has 0 spiro atoms. The van der Waals surface area contributed by atoms with Crippen LogP contribution in [0.1, 0.15) is 39.2 Å². The molecule has 25 heavy (non-hydrogen) atoms. The fourth-order valence-corrected chi connectivity index (χ4v) is 3.55. The molecule has 1 aromatic heterocycles. The van der Waals surface area contributed by atoms with Crippen LogP contribution in [0.5, 0.6) is 0 Å². The lowest BCUT2D eigenvalue weighted by atomic mass is 9.97. The van der Waals surface area contributed by atoms with E-state index in [0.717, 1.165) is 47.7 Å². The number of benzene rings is 1. The van der Waals surface area contributed by atoms with Crippen molar-refractivity contribution >= 4 is 21.7 Å². The largest absolute Gasteiger partial charge is 0.353 e. The molecular weight excluding hydrogens is 376 g/mol. The van der Waals surface area contributed by atoms with Gasteiger partial charge in [0.15, 0.2) is 5.82 Å². The van der Waals surface area contributed by atoms with Gasteiger partial charge < -0.3 is 4.90 Å². The Bertz CT molecular complexity index is 704. The number of nitrogens with zero attached hydrogens (tertiary/aromatic N) is 4. The second-order valence-electron chi connectivity index (χ2n) is 7.28. The van der Waals surface area contributed by atoms with Gasteiger partial charge in [0.05, 0.1) is 5.69 Å². The lowest BCUT2D eigenvalue weighted by molar-refractivity contribution is 0.209. The molecule has 1 aromatic carbocycles. The van der Waals surface area contributed by atoms with E-state index in [1.165, 1.54) is 5.56 Å². The first-order chi connectivity index (χ1) is 12.0. The Hall–Kier alpha value is -1.46. The SMILES string of the molecule is CC(C)c1cc(N2CCN(C(C)C)CC2)nnc1-c1ccc(Br)cc1. The molecule has 134 valence electrons. The molecule has 1 saturated heterocycles. The summed E-state index contributed by atoms with van der Waals surface area (Å²) < 4.78 is 1.08. The maximum atomic E-state index is 4.61. The summed E-state index contributed by atoms with van der Waals surface area (Å²) in [5, 5.41) is 9.17. The van der Waals surface area contributed by atoms with E-state index >= 15 is 0 Å². The Kier molecular flexibility index (Phi) is 5.74. The lowest BCUT2D eigenvalue weighted by Crippen LogP contribution is -2.49. The van der Waals surface area contributed by atoms with E-state index in [1.807, 2.05) is 0 Å². The van der Waals surface area contributed by atoms with E-state index in [-0.39, 0.29) is 0 Å². The van der Waals surface area contributed by atoms with Crippen molar-refractivity contribution in [2.24, 2.45) is 0 Å². The molecule has 2 heterocycles. The van der Waals surface area contributed by atoms with E-state index in [9.17, 15) is 0 Å². The van der Waals surface area contributed by atoms with Gasteiger partial charge in [0.1, 0.15) is 0 Å². The van der Waals surface area contributed by atoms with Crippen molar-refractivity contribution < 1.29 is 0 Å². The molecule has 4 nitrogen and oxygen atoms in total. The molecule has 1 aliphatic rings. The van der Waals surface area contributed by atoms with Gasteiger partial charge in [0, 0.05) is 42.3 Å². The van der Waals surface area contributed by atoms with E-state index < -0.39 is 0 Å². The fraction of sp³-hybridized carbons (Fsp3) is 0.500. The molecular formula is C20H27BrN4. The first-order valence-corrected chi connectivity index (χ1v) is 9.87. The number of piperazine rings is 1. The van der Waals surface area contributed by atoms with Crippen molar-refractivity contribution in [3.63, 3.8) is 0 Å². The summed E-state index contributed by atoms with van der Waals surface area (Å²) in [4.78, 5) is 4.88. The van der Waals surface area contributed by atoms with Gasteiger partial charge in [-0.25, -0.2) is 0 Å². The molecule has 0 unspecified atom stereocenters. The predicted octanol–water partition coefficient (Wildman–Crippen LogP) is 4.56. The van der Waals surface area contributed by atoms with Crippen LogP contribution in [0.2, 0.25) is 0 Å². The zero-order chi connectivity index (χ0) is 18.0. The maximum absolute atomic E-state index is 4.61. The first kappa shape index (κ1) is 18.3. The lowest BCUT2D eigenvalue weighted by Gasteiger charge is -2.37. The standard InChI is InChI=1S/C20H27BrN4/c1-14(2)18-13-19(25-11-9-24(10-12-25)15(3)4)22-23-20(18)16-5-7-17(21)8-6-16/h5-8,13-15H,9-12H2,1-4H3. The number of anilines is 1. The molecule has 0 bridgehead atoms. The van der Waals surface area contributed by atoms with Crippen molar-refractivity contribution in [2.75, 3.05) is 31.1 Å². The first-order valence-electron chi connectivity index (χ1n) is 9.08. The third-order valence-corrected chi connectivity index (χ3v) is 5.45. The van der Waals surface area contributed by atoms with Crippen LogP contribution in [0.25, 0.3) is 11.3 Å². The van der Waals surface area contributed by atoms with Gasteiger partial charge in [-0.2, -0.15) is 0 Å². The zero-order valence-electron chi connectivity index (χ0n) is 15.5. The number of halogens is 1. The molecule has 0 aliphatic carbocycles. The van der Waals surface area contributed by atoms with E-state index in [4.69, 9.17) is 0 Å². The highest BCUT2D eigenvalue weighted by Gasteiger charge is 2.21. The molecule has 0 amide bonds. The fourth-order valence-electron chi connectivity index (χ4n) is 3.29. The van der Waals surface area contributed by atoms with Crippen LogP contribution < -0.4 is 4.90 Å². The van der Waals surface area contributed by atoms with Crippen LogP contribution >= 0.6 is 15.9 Å². The summed E-state index contributed by atoms with van der Waals surface area (Å²) in [7, 11) is 0. The molecule has 0 saturated carbocycles. The summed E-state index contributed by atoms with van der Waals surface area (Å²) in [6.07, 6.45) is 0. The second kappa shape index (κ2) is 7.83. The van der Waals surface area contributed by atoms with Crippen LogP contribution in [0, 0.1) is 0 Å². The van der Waals surface area contributed by atoms with Crippen molar-refractivity contribution in [3.8, 4) is 11.3 Å². The minimum absolute atomic E-state index is 0.407. The minimum Gasteiger partial charge on any atom is -0.353 e. The monoisotopic (exact) mass is 402 g/mol. The van der Waals surface area contributed by atoms with Crippen LogP contribution in [0.4, 0.5) is 5.82 Å². The summed E-state index contributed by atoms with van der Waals surface area (Å²) in [6.45, 7) is 13.2. The molecule has 1 fully saturated rings. The molecule has 2 aromatic rings. The van der Waals surface area contributed by atoms with Crippen LogP contribution in [0.3, 0.4) is 0 Å². The zero-order valence-corrected chi connectivity index (χ0v) is 17.1. The van der Waals surface area contributed by atoms with Crippen LogP contribution in [-0.4, -0.2) is 47.3 Å². The van der Waals surface area contributed by atoms with E-state index in [0.29, 0.717) is 12.0 Å². The average molecular weight is 403 g/mol. The highest BCUT2D eigenvalue weighted by atomic mass is 79.9. The van der Waals surface area contributed by atoms with Gasteiger partial charge in [0.2, 0.25) is 0 Å². The highest BCUT2D eigenvalue weighted by Crippen LogP contribution is 2.30. The van der Waals surface area contributed by atoms with Gasteiger partial charge in [-0.15, -0.1) is 10.2 Å². The Morgan fingerprint density at radius 1 is 0.920 bits per heavy atom. The normalized spacial score (nSPS) is 16.0. The van der Waals surface area contributed by atoms with Gasteiger partial charge in [-0.3, -0.25) is 4.90 Å². The van der Waals surface area contributed by atoms with Crippen molar-refractivity contribution in [1.82, 2.24) is 15.1 Å². The Morgan fingerprint density at radius 3 is 2.12 bits per heavy atom. The van der Waals surface area contributed by atoms with E-state index in [1.54, 1.807) is 0 Å². The highest BCUT2D eigenvalue weighted by molar-refractivity contribution is 9.10. The van der Waals surface area contributed by atoms with Crippen LogP contribution in [-0.2, 0) is 0 Å². The second-order valence-corrected chi connectivity index (χ2v) is 8.20. The van der Waals surface area contributed by atoms with Gasteiger partial charge in [-0.1, -0.05) is 41.9 Å². The Balaban J connectivity index is 1.86. The molecule has 1 aliphatic heterocycles. The van der Waals surface area contributed by atoms with E-state index in [2.05, 4.69) is 94.0 Å². The van der Waals surface area contributed by atoms with Gasteiger partial charge in [-0.05, 0) is 43.5 Å². The van der Waals surface area contributed by atoms with Gasteiger partial charge >= 0.3 is 0 Å². The van der Waals surface area contributed by atoms with Crippen molar-refractivity contribution in [2.45, 2.75) is 39.7 Å². The number of rotatable bonds is 4. The summed E-state index contributed by atoms with van der Waals surface area (Å²) in [5.41, 5.74) is 3.38. The van der Waals surface area contributed by atoms with Crippen molar-refractivity contribution in [3.05, 3.63) is 40.4 Å². The summed E-state index contributed by atoms with van der Waals surface area (Å²) >= 11 is 3.50. The van der Waals surface area contributed by atoms with Crippen molar-refractivity contribution in [1.29, 1.82) is 0 Å².